The zero-order valence-corrected chi connectivity index (χ0v) is 20.8. The Kier molecular flexibility index (Phi) is 14.7. The van der Waals surface area contributed by atoms with Gasteiger partial charge in [-0.05, 0) is 41.0 Å². The van der Waals surface area contributed by atoms with E-state index in [4.69, 9.17) is 13.8 Å². The lowest BCUT2D eigenvalue weighted by atomic mass is 10.1. The Morgan fingerprint density at radius 1 is 1.00 bits per heavy atom. The van der Waals surface area contributed by atoms with Gasteiger partial charge >= 0.3 is 13.6 Å². The molecule has 1 unspecified atom stereocenters. The van der Waals surface area contributed by atoms with Crippen LogP contribution in [0, 0.1) is 0 Å². The second-order valence-electron chi connectivity index (χ2n) is 8.24. The lowest BCUT2D eigenvalue weighted by Gasteiger charge is -2.28. The van der Waals surface area contributed by atoms with Crippen LogP contribution in [0.1, 0.15) is 92.9 Å². The van der Waals surface area contributed by atoms with Gasteiger partial charge in [0.05, 0.1) is 19.6 Å². The second kappa shape index (κ2) is 15.4. The molecule has 0 aromatic rings. The van der Waals surface area contributed by atoms with Crippen LogP contribution in [-0.4, -0.2) is 47.4 Å². The van der Waals surface area contributed by atoms with Gasteiger partial charge in [0.15, 0.2) is 5.66 Å². The van der Waals surface area contributed by atoms with E-state index in [0.29, 0.717) is 6.42 Å². The van der Waals surface area contributed by atoms with Gasteiger partial charge < -0.3 is 24.3 Å². The predicted molar refractivity (Wildman–Crippen MR) is 120 cm³/mol. The first kappa shape index (κ1) is 29.6. The molecule has 1 amide bonds. The Balaban J connectivity index is 5.17. The number of rotatable bonds is 15. The molecule has 0 bridgehead atoms. The van der Waals surface area contributed by atoms with Crippen LogP contribution < -0.4 is 5.32 Å². The molecule has 31 heavy (non-hydrogen) atoms. The minimum Gasteiger partial charge on any atom is -0.459 e. The topological polar surface area (TPSA) is 124 Å². The van der Waals surface area contributed by atoms with Crippen molar-refractivity contribution in [3.8, 4) is 0 Å². The molecule has 9 nitrogen and oxygen atoms in total. The van der Waals surface area contributed by atoms with Crippen LogP contribution in [0.2, 0.25) is 0 Å². The van der Waals surface area contributed by atoms with Crippen LogP contribution in [0.5, 0.6) is 0 Å². The third-order valence-electron chi connectivity index (χ3n) is 4.23. The summed E-state index contributed by atoms with van der Waals surface area (Å²) in [6, 6.07) is 0. The third-order valence-corrected chi connectivity index (χ3v) is 6.62. The third kappa shape index (κ3) is 12.9. The maximum absolute atomic E-state index is 13.2. The molecule has 0 heterocycles. The van der Waals surface area contributed by atoms with Gasteiger partial charge in [0.25, 0.3) is 0 Å². The Morgan fingerprint density at radius 2 is 1.55 bits per heavy atom. The van der Waals surface area contributed by atoms with Gasteiger partial charge in [-0.1, -0.05) is 44.2 Å². The molecule has 0 fully saturated rings. The minimum atomic E-state index is -3.95. The van der Waals surface area contributed by atoms with Gasteiger partial charge in [-0.3, -0.25) is 14.2 Å². The van der Waals surface area contributed by atoms with Crippen molar-refractivity contribution in [3.05, 3.63) is 0 Å². The molecule has 0 saturated heterocycles. The zero-order chi connectivity index (χ0) is 23.9. The maximum atomic E-state index is 13.2. The smallest absolute Gasteiger partial charge is 0.345 e. The van der Waals surface area contributed by atoms with Crippen molar-refractivity contribution in [2.45, 2.75) is 104 Å². The van der Waals surface area contributed by atoms with Gasteiger partial charge in [0, 0.05) is 6.42 Å². The predicted octanol–water partition coefficient (Wildman–Crippen LogP) is 5.01. The summed E-state index contributed by atoms with van der Waals surface area (Å²) in [4.78, 5) is 25.3. The molecule has 10 heteroatoms. The number of nitrogens with zero attached hydrogens (tertiary/aromatic N) is 1. The van der Waals surface area contributed by atoms with E-state index in [1.54, 1.807) is 34.6 Å². The summed E-state index contributed by atoms with van der Waals surface area (Å²) >= 11 is 0. The molecule has 1 atom stereocenters. The van der Waals surface area contributed by atoms with Crippen molar-refractivity contribution in [1.82, 2.24) is 5.32 Å². The van der Waals surface area contributed by atoms with E-state index in [1.807, 2.05) is 0 Å². The first-order chi connectivity index (χ1) is 14.5. The van der Waals surface area contributed by atoms with E-state index >= 15 is 0 Å². The molecule has 182 valence electrons. The van der Waals surface area contributed by atoms with Crippen LogP contribution >= 0.6 is 7.60 Å². The number of hydrogen-bond donors (Lipinski definition) is 2. The quantitative estimate of drug-likeness (QED) is 0.0664. The molecule has 0 aliphatic rings. The fourth-order valence-corrected chi connectivity index (χ4v) is 4.72. The molecule has 0 rings (SSSR count). The molecule has 0 aliphatic carbocycles. The summed E-state index contributed by atoms with van der Waals surface area (Å²) in [5.41, 5.74) is -2.27. The van der Waals surface area contributed by atoms with Crippen LogP contribution in [-0.2, 0) is 27.9 Å². The van der Waals surface area contributed by atoms with E-state index in [2.05, 4.69) is 17.4 Å². The number of carbonyl (C=O) groups excluding carboxylic acids is 2. The summed E-state index contributed by atoms with van der Waals surface area (Å²) < 4.78 is 29.1. The molecular formula is C21H41N2O7P. The molecule has 0 aromatic heterocycles. The monoisotopic (exact) mass is 464 g/mol. The fraction of sp³-hybridized carbons (Fsp3) is 0.857. The van der Waals surface area contributed by atoms with Crippen LogP contribution in [0.3, 0.4) is 0 Å². The summed E-state index contributed by atoms with van der Waals surface area (Å²) in [7, 11) is -3.95. The number of esters is 1. The lowest BCUT2D eigenvalue weighted by Crippen LogP contribution is -2.38. The standard InChI is InChI=1S/C21H41N2O7P/c1-7-10-11-12-13-14-15-18(23-26)22-19(24)16-17(20(25)30-21(4,5)6)31(27,28-8-2)29-9-3/h17,26H,7-16H2,1-6H3,(H,22,23,24). The van der Waals surface area contributed by atoms with Crippen molar-refractivity contribution < 1.29 is 33.1 Å². The molecule has 0 aliphatic heterocycles. The number of nitrogens with one attached hydrogen (secondary N) is 1. The molecule has 0 aromatic carbocycles. The second-order valence-corrected chi connectivity index (χ2v) is 10.5. The highest BCUT2D eigenvalue weighted by molar-refractivity contribution is 7.55. The van der Waals surface area contributed by atoms with E-state index < -0.39 is 37.2 Å². The number of carbonyl (C=O) groups is 2. The van der Waals surface area contributed by atoms with Crippen LogP contribution in [0.25, 0.3) is 0 Å². The normalized spacial score (nSPS) is 13.7. The summed E-state index contributed by atoms with van der Waals surface area (Å²) in [6.45, 7) is 10.5. The number of ether oxygens (including phenoxy) is 1. The van der Waals surface area contributed by atoms with Crippen LogP contribution in [0.15, 0.2) is 5.16 Å². The Labute approximate surface area is 186 Å². The van der Waals surface area contributed by atoms with Crippen molar-refractivity contribution in [3.63, 3.8) is 0 Å². The number of amidine groups is 1. The maximum Gasteiger partial charge on any atom is 0.345 e. The SMILES string of the molecule is CCCCCCCCC(=NO)NC(=O)CC(C(=O)OC(C)(C)C)P(=O)(OCC)OCC. The van der Waals surface area contributed by atoms with Gasteiger partial charge in [0.2, 0.25) is 5.91 Å². The summed E-state index contributed by atoms with van der Waals surface area (Å²) in [5.74, 6) is -1.37. The zero-order valence-electron chi connectivity index (χ0n) is 19.9. The van der Waals surface area contributed by atoms with Crippen molar-refractivity contribution in [2.24, 2.45) is 5.16 Å². The fourth-order valence-electron chi connectivity index (χ4n) is 2.87. The Bertz CT molecular complexity index is 607. The van der Waals surface area contributed by atoms with E-state index in [9.17, 15) is 19.4 Å². The number of hydrogen-bond acceptors (Lipinski definition) is 8. The van der Waals surface area contributed by atoms with Crippen molar-refractivity contribution in [2.75, 3.05) is 13.2 Å². The Hall–Kier alpha value is -1.44. The average molecular weight is 465 g/mol. The Morgan fingerprint density at radius 3 is 2.03 bits per heavy atom. The van der Waals surface area contributed by atoms with E-state index in [0.717, 1.165) is 32.1 Å². The first-order valence-electron chi connectivity index (χ1n) is 11.1. The highest BCUT2D eigenvalue weighted by Crippen LogP contribution is 2.54. The lowest BCUT2D eigenvalue weighted by molar-refractivity contribution is -0.155. The largest absolute Gasteiger partial charge is 0.459 e. The molecular weight excluding hydrogens is 423 g/mol. The average Bonchev–Trinajstić information content (AvgIpc) is 2.66. The highest BCUT2D eigenvalue weighted by Gasteiger charge is 2.45. The molecule has 2 N–H and O–H groups in total. The minimum absolute atomic E-state index is 0.0412. The summed E-state index contributed by atoms with van der Waals surface area (Å²) in [6.07, 6.45) is 6.19. The van der Waals surface area contributed by atoms with Crippen molar-refractivity contribution >= 4 is 25.3 Å². The molecule has 0 spiro atoms. The molecule has 0 radical (unpaired) electrons. The number of oxime groups is 1. The van der Waals surface area contributed by atoms with Crippen molar-refractivity contribution in [1.29, 1.82) is 0 Å². The van der Waals surface area contributed by atoms with E-state index in [1.165, 1.54) is 6.42 Å². The van der Waals surface area contributed by atoms with Gasteiger partial charge in [-0.25, -0.2) is 0 Å². The number of amides is 1. The first-order valence-corrected chi connectivity index (χ1v) is 12.8. The van der Waals surface area contributed by atoms with Crippen LogP contribution in [0.4, 0.5) is 0 Å². The van der Waals surface area contributed by atoms with Gasteiger partial charge in [-0.15, -0.1) is 0 Å². The summed E-state index contributed by atoms with van der Waals surface area (Å²) in [5, 5.41) is 14.9. The van der Waals surface area contributed by atoms with Gasteiger partial charge in [0.1, 0.15) is 11.4 Å². The van der Waals surface area contributed by atoms with E-state index in [-0.39, 0.29) is 19.0 Å². The molecule has 0 saturated carbocycles. The van der Waals surface area contributed by atoms with Gasteiger partial charge in [-0.2, -0.15) is 0 Å². The number of unbranched alkanes of at least 4 members (excludes halogenated alkanes) is 5. The highest BCUT2D eigenvalue weighted by atomic mass is 31.2.